The summed E-state index contributed by atoms with van der Waals surface area (Å²) in [5.74, 6) is 3.64. The quantitative estimate of drug-likeness (QED) is 0.873. The van der Waals surface area contributed by atoms with E-state index in [9.17, 15) is 0 Å². The van der Waals surface area contributed by atoms with E-state index in [2.05, 4.69) is 29.8 Å². The van der Waals surface area contributed by atoms with Crippen LogP contribution in [0.25, 0.3) is 10.9 Å². The van der Waals surface area contributed by atoms with Gasteiger partial charge in [-0.3, -0.25) is 4.90 Å². The van der Waals surface area contributed by atoms with Crippen LogP contribution in [0.1, 0.15) is 25.3 Å². The molecule has 1 aromatic carbocycles. The Bertz CT molecular complexity index is 684. The SMILES string of the molecule is COc1ccc(OC)c2c(C)cc(N3CCC[C@@H](C)C3)[nH+]c12. The molecule has 1 fully saturated rings. The average Bonchev–Trinajstić information content (AvgIpc) is 2.53. The molecular formula is C18H25N2O2+. The molecule has 22 heavy (non-hydrogen) atoms. The Kier molecular flexibility index (Phi) is 4.10. The molecule has 1 atom stereocenters. The lowest BCUT2D eigenvalue weighted by Gasteiger charge is -2.26. The van der Waals surface area contributed by atoms with E-state index in [1.54, 1.807) is 14.2 Å². The van der Waals surface area contributed by atoms with Gasteiger partial charge in [-0.15, -0.1) is 0 Å². The Hall–Kier alpha value is -1.97. The van der Waals surface area contributed by atoms with Crippen LogP contribution >= 0.6 is 0 Å². The molecule has 4 nitrogen and oxygen atoms in total. The number of piperidine rings is 1. The molecule has 2 aromatic rings. The van der Waals surface area contributed by atoms with Gasteiger partial charge in [-0.1, -0.05) is 6.92 Å². The molecule has 118 valence electrons. The number of methoxy groups -OCH3 is 2. The van der Waals surface area contributed by atoms with Gasteiger partial charge in [0.15, 0.2) is 11.3 Å². The van der Waals surface area contributed by atoms with E-state index in [4.69, 9.17) is 9.47 Å². The summed E-state index contributed by atoms with van der Waals surface area (Å²) in [6.07, 6.45) is 2.57. The maximum Gasteiger partial charge on any atom is 0.275 e. The van der Waals surface area contributed by atoms with Crippen LogP contribution in [0.4, 0.5) is 5.82 Å². The van der Waals surface area contributed by atoms with Gasteiger partial charge in [0.1, 0.15) is 5.75 Å². The summed E-state index contributed by atoms with van der Waals surface area (Å²) in [6.45, 7) is 6.67. The number of hydrogen-bond acceptors (Lipinski definition) is 3. The van der Waals surface area contributed by atoms with Gasteiger partial charge in [-0.25, -0.2) is 4.98 Å². The molecule has 2 heterocycles. The fourth-order valence-electron chi connectivity index (χ4n) is 3.44. The van der Waals surface area contributed by atoms with Gasteiger partial charge >= 0.3 is 0 Å². The van der Waals surface area contributed by atoms with Crippen molar-refractivity contribution in [1.29, 1.82) is 0 Å². The zero-order chi connectivity index (χ0) is 15.7. The fourth-order valence-corrected chi connectivity index (χ4v) is 3.44. The number of fused-ring (bicyclic) bond motifs is 1. The minimum Gasteiger partial charge on any atom is -0.496 e. The van der Waals surface area contributed by atoms with Crippen LogP contribution in [0.3, 0.4) is 0 Å². The minimum atomic E-state index is 0.741. The maximum atomic E-state index is 5.54. The Morgan fingerprint density at radius 3 is 2.59 bits per heavy atom. The number of pyridine rings is 1. The molecule has 0 aliphatic carbocycles. The molecule has 4 heteroatoms. The number of aryl methyl sites for hydroxylation is 1. The van der Waals surface area contributed by atoms with Crippen molar-refractivity contribution >= 4 is 16.7 Å². The summed E-state index contributed by atoms with van der Waals surface area (Å²) in [7, 11) is 3.42. The number of benzene rings is 1. The second-order valence-electron chi connectivity index (χ2n) is 6.25. The Balaban J connectivity index is 2.14. The van der Waals surface area contributed by atoms with E-state index < -0.39 is 0 Å². The van der Waals surface area contributed by atoms with Gasteiger partial charge in [0.25, 0.3) is 5.82 Å². The van der Waals surface area contributed by atoms with Gasteiger partial charge in [-0.05, 0) is 43.4 Å². The predicted octanol–water partition coefficient (Wildman–Crippen LogP) is 3.22. The topological polar surface area (TPSA) is 35.8 Å². The number of ether oxygens (including phenoxy) is 2. The largest absolute Gasteiger partial charge is 0.496 e. The van der Waals surface area contributed by atoms with Crippen LogP contribution in [0, 0.1) is 12.8 Å². The Morgan fingerprint density at radius 1 is 1.18 bits per heavy atom. The first-order chi connectivity index (χ1) is 10.6. The third-order valence-electron chi connectivity index (χ3n) is 4.57. The summed E-state index contributed by atoms with van der Waals surface area (Å²) in [6, 6.07) is 6.15. The lowest BCUT2D eigenvalue weighted by molar-refractivity contribution is -0.331. The van der Waals surface area contributed by atoms with E-state index in [0.717, 1.165) is 41.4 Å². The van der Waals surface area contributed by atoms with Crippen LogP contribution in [-0.2, 0) is 0 Å². The van der Waals surface area contributed by atoms with Gasteiger partial charge in [-0.2, -0.15) is 0 Å². The highest BCUT2D eigenvalue weighted by molar-refractivity contribution is 5.91. The Morgan fingerprint density at radius 2 is 1.91 bits per heavy atom. The maximum absolute atomic E-state index is 5.54. The van der Waals surface area contributed by atoms with Gasteiger partial charge in [0, 0.05) is 6.07 Å². The zero-order valence-corrected chi connectivity index (χ0v) is 13.9. The summed E-state index contributed by atoms with van der Waals surface area (Å²) in [5.41, 5.74) is 2.22. The van der Waals surface area contributed by atoms with Gasteiger partial charge < -0.3 is 9.47 Å². The van der Waals surface area contributed by atoms with E-state index in [-0.39, 0.29) is 0 Å². The highest BCUT2D eigenvalue weighted by Gasteiger charge is 2.25. The fraction of sp³-hybridized carbons (Fsp3) is 0.500. The summed E-state index contributed by atoms with van der Waals surface area (Å²) in [4.78, 5) is 6.02. The van der Waals surface area contributed by atoms with Crippen LogP contribution in [0.15, 0.2) is 18.2 Å². The highest BCUT2D eigenvalue weighted by atomic mass is 16.5. The van der Waals surface area contributed by atoms with Crippen molar-refractivity contribution in [3.05, 3.63) is 23.8 Å². The molecule has 3 rings (SSSR count). The molecule has 0 saturated carbocycles. The van der Waals surface area contributed by atoms with Crippen molar-refractivity contribution < 1.29 is 14.5 Å². The predicted molar refractivity (Wildman–Crippen MR) is 89.0 cm³/mol. The average molecular weight is 301 g/mol. The molecular weight excluding hydrogens is 276 g/mol. The number of anilines is 1. The van der Waals surface area contributed by atoms with Crippen LogP contribution < -0.4 is 19.4 Å². The number of hydrogen-bond donors (Lipinski definition) is 0. The van der Waals surface area contributed by atoms with Gasteiger partial charge in [0.05, 0.1) is 32.7 Å². The molecule has 0 spiro atoms. The first-order valence-electron chi connectivity index (χ1n) is 7.96. The number of H-pyrrole nitrogens is 1. The third-order valence-corrected chi connectivity index (χ3v) is 4.57. The summed E-state index contributed by atoms with van der Waals surface area (Å²) in [5, 5.41) is 1.09. The second kappa shape index (κ2) is 6.03. The number of aromatic nitrogens is 1. The Labute approximate surface area is 132 Å². The molecule has 1 N–H and O–H groups in total. The van der Waals surface area contributed by atoms with E-state index in [1.807, 2.05) is 12.1 Å². The number of nitrogens with one attached hydrogen (secondary N) is 1. The number of rotatable bonds is 3. The summed E-state index contributed by atoms with van der Waals surface area (Å²) < 4.78 is 11.1. The van der Waals surface area contributed by atoms with Crippen molar-refractivity contribution in [2.45, 2.75) is 26.7 Å². The van der Waals surface area contributed by atoms with Crippen molar-refractivity contribution in [3.63, 3.8) is 0 Å². The van der Waals surface area contributed by atoms with E-state index in [1.165, 1.54) is 24.2 Å². The van der Waals surface area contributed by atoms with Crippen molar-refractivity contribution in [2.24, 2.45) is 5.92 Å². The van der Waals surface area contributed by atoms with Crippen LogP contribution in [0.5, 0.6) is 11.5 Å². The smallest absolute Gasteiger partial charge is 0.275 e. The molecule has 1 aliphatic rings. The van der Waals surface area contributed by atoms with Crippen LogP contribution in [-0.4, -0.2) is 27.3 Å². The lowest BCUT2D eigenvalue weighted by Crippen LogP contribution is -2.37. The summed E-state index contributed by atoms with van der Waals surface area (Å²) >= 11 is 0. The van der Waals surface area contributed by atoms with E-state index >= 15 is 0 Å². The minimum absolute atomic E-state index is 0.741. The monoisotopic (exact) mass is 301 g/mol. The van der Waals surface area contributed by atoms with Crippen molar-refractivity contribution in [3.8, 4) is 11.5 Å². The lowest BCUT2D eigenvalue weighted by atomic mass is 10.00. The molecule has 0 unspecified atom stereocenters. The van der Waals surface area contributed by atoms with Crippen molar-refractivity contribution in [2.75, 3.05) is 32.2 Å². The number of nitrogens with zero attached hydrogens (tertiary/aromatic N) is 1. The van der Waals surface area contributed by atoms with E-state index in [0.29, 0.717) is 0 Å². The number of aromatic amines is 1. The first kappa shape index (κ1) is 14.9. The molecule has 0 radical (unpaired) electrons. The molecule has 1 aromatic heterocycles. The molecule has 1 aliphatic heterocycles. The third kappa shape index (κ3) is 2.58. The normalized spacial score (nSPS) is 18.5. The molecule has 1 saturated heterocycles. The second-order valence-corrected chi connectivity index (χ2v) is 6.25. The van der Waals surface area contributed by atoms with Gasteiger partial charge in [0.2, 0.25) is 0 Å². The van der Waals surface area contributed by atoms with Crippen molar-refractivity contribution in [1.82, 2.24) is 0 Å². The highest BCUT2D eigenvalue weighted by Crippen LogP contribution is 2.34. The standard InChI is InChI=1S/C18H24N2O2/c1-12-6-5-9-20(11-12)16-10-13(2)17-14(21-3)7-8-15(22-4)18(17)19-16/h7-8,10,12H,5-6,9,11H2,1-4H3/p+1/t12-/m1/s1. The van der Waals surface area contributed by atoms with Crippen LogP contribution in [0.2, 0.25) is 0 Å². The molecule has 0 amide bonds. The zero-order valence-electron chi connectivity index (χ0n) is 13.9. The molecule has 0 bridgehead atoms. The first-order valence-corrected chi connectivity index (χ1v) is 7.96.